The molecule has 5 rings (SSSR count). The normalized spacial score (nSPS) is 19.3. The average Bonchev–Trinajstić information content (AvgIpc) is 2.92. The van der Waals surface area contributed by atoms with Crippen molar-refractivity contribution in [2.75, 3.05) is 44.2 Å². The van der Waals surface area contributed by atoms with Gasteiger partial charge in [-0.2, -0.15) is 4.31 Å². The number of hydrogen-bond acceptors (Lipinski definition) is 6. The molecule has 0 spiro atoms. The zero-order valence-electron chi connectivity index (χ0n) is 22.5. The summed E-state index contributed by atoms with van der Waals surface area (Å²) >= 11 is 0. The number of fused-ring (bicyclic) bond motifs is 1. The zero-order chi connectivity index (χ0) is 26.2. The minimum Gasteiger partial charge on any atom is -0.356 e. The fraction of sp³-hybridized carbons (Fsp3) is 0.517. The molecule has 37 heavy (non-hydrogen) atoms. The first-order valence-electron chi connectivity index (χ1n) is 13.5. The van der Waals surface area contributed by atoms with Crippen molar-refractivity contribution in [1.82, 2.24) is 19.2 Å². The van der Waals surface area contributed by atoms with Crippen molar-refractivity contribution in [2.24, 2.45) is 0 Å². The Morgan fingerprint density at radius 3 is 2.11 bits per heavy atom. The highest BCUT2D eigenvalue weighted by molar-refractivity contribution is 7.89. The summed E-state index contributed by atoms with van der Waals surface area (Å²) in [5, 5.41) is 1.11. The van der Waals surface area contributed by atoms with Crippen LogP contribution in [0.4, 0.5) is 5.82 Å². The quantitative estimate of drug-likeness (QED) is 0.471. The van der Waals surface area contributed by atoms with Gasteiger partial charge >= 0.3 is 0 Å². The van der Waals surface area contributed by atoms with Gasteiger partial charge in [-0.25, -0.2) is 18.4 Å². The van der Waals surface area contributed by atoms with E-state index < -0.39 is 10.0 Å². The van der Waals surface area contributed by atoms with E-state index in [4.69, 9.17) is 9.97 Å². The summed E-state index contributed by atoms with van der Waals surface area (Å²) in [5.41, 5.74) is 2.09. The van der Waals surface area contributed by atoms with Crippen LogP contribution in [0.3, 0.4) is 0 Å². The Labute approximate surface area is 221 Å². The molecule has 0 saturated carbocycles. The smallest absolute Gasteiger partial charge is 0.243 e. The Balaban J connectivity index is 1.32. The predicted octanol–water partition coefficient (Wildman–Crippen LogP) is 4.99. The molecule has 7 nitrogen and oxygen atoms in total. The second-order valence-corrected chi connectivity index (χ2v) is 13.3. The van der Waals surface area contributed by atoms with Gasteiger partial charge in [-0.1, -0.05) is 45.0 Å². The number of nitrogens with zero attached hydrogens (tertiary/aromatic N) is 5. The summed E-state index contributed by atoms with van der Waals surface area (Å²) in [6.07, 6.45) is 3.66. The van der Waals surface area contributed by atoms with Crippen molar-refractivity contribution in [3.8, 4) is 0 Å². The molecule has 3 heterocycles. The highest BCUT2D eigenvalue weighted by atomic mass is 32.2. The maximum absolute atomic E-state index is 13.3. The summed E-state index contributed by atoms with van der Waals surface area (Å²) < 4.78 is 28.3. The van der Waals surface area contributed by atoms with E-state index >= 15 is 0 Å². The fourth-order valence-corrected chi connectivity index (χ4v) is 6.80. The van der Waals surface area contributed by atoms with Crippen molar-refractivity contribution in [1.29, 1.82) is 0 Å². The maximum Gasteiger partial charge on any atom is 0.243 e. The van der Waals surface area contributed by atoms with Crippen LogP contribution < -0.4 is 4.90 Å². The van der Waals surface area contributed by atoms with Crippen LogP contribution in [0.2, 0.25) is 0 Å². The summed E-state index contributed by atoms with van der Waals surface area (Å²) in [7, 11) is -3.52. The molecule has 2 aromatic carbocycles. The zero-order valence-corrected chi connectivity index (χ0v) is 23.3. The first-order chi connectivity index (χ1) is 17.6. The molecule has 3 aromatic rings. The highest BCUT2D eigenvalue weighted by Crippen LogP contribution is 2.30. The van der Waals surface area contributed by atoms with Crippen LogP contribution in [-0.4, -0.2) is 66.9 Å². The predicted molar refractivity (Wildman–Crippen MR) is 149 cm³/mol. The minimum absolute atomic E-state index is 0.00377. The number of piperazine rings is 1. The molecule has 0 amide bonds. The molecule has 0 bridgehead atoms. The minimum atomic E-state index is -3.52. The van der Waals surface area contributed by atoms with Crippen LogP contribution in [0.1, 0.15) is 64.4 Å². The molecule has 2 fully saturated rings. The molecule has 1 atom stereocenters. The molecule has 0 radical (unpaired) electrons. The van der Waals surface area contributed by atoms with Crippen LogP contribution in [0.5, 0.6) is 0 Å². The number of sulfonamides is 1. The maximum atomic E-state index is 13.3. The molecule has 2 aliphatic heterocycles. The van der Waals surface area contributed by atoms with E-state index in [1.807, 2.05) is 18.2 Å². The summed E-state index contributed by atoms with van der Waals surface area (Å²) in [6, 6.07) is 15.6. The van der Waals surface area contributed by atoms with E-state index in [2.05, 4.69) is 55.7 Å². The molecule has 198 valence electrons. The second kappa shape index (κ2) is 10.3. The van der Waals surface area contributed by atoms with Crippen LogP contribution in [0, 0.1) is 0 Å². The third kappa shape index (κ3) is 5.38. The summed E-state index contributed by atoms with van der Waals surface area (Å²) in [5.74, 6) is 1.85. The van der Waals surface area contributed by atoms with Gasteiger partial charge < -0.3 is 4.90 Å². The Bertz CT molecular complexity index is 1340. The van der Waals surface area contributed by atoms with Crippen molar-refractivity contribution in [3.63, 3.8) is 0 Å². The van der Waals surface area contributed by atoms with E-state index in [0.29, 0.717) is 31.1 Å². The number of piperidine rings is 1. The largest absolute Gasteiger partial charge is 0.356 e. The average molecular weight is 522 g/mol. The molecule has 2 aliphatic rings. The van der Waals surface area contributed by atoms with Gasteiger partial charge in [-0.3, -0.25) is 4.90 Å². The van der Waals surface area contributed by atoms with Crippen LogP contribution in [-0.2, 0) is 15.4 Å². The van der Waals surface area contributed by atoms with Crippen molar-refractivity contribution < 1.29 is 8.42 Å². The van der Waals surface area contributed by atoms with Gasteiger partial charge in [0, 0.05) is 44.7 Å². The Hall–Kier alpha value is -2.55. The first-order valence-corrected chi connectivity index (χ1v) is 14.9. The molecule has 0 unspecified atom stereocenters. The lowest BCUT2D eigenvalue weighted by Gasteiger charge is -2.37. The SMILES string of the molecule is C[C@H](c1nc(N2CCCCC2)c2ccccc2n1)N1CCN(S(=O)(=O)c2ccc(C(C)(C)C)cc2)CC1. The summed E-state index contributed by atoms with van der Waals surface area (Å²) in [6.45, 7) is 12.8. The van der Waals surface area contributed by atoms with E-state index in [1.165, 1.54) is 19.3 Å². The summed E-state index contributed by atoms with van der Waals surface area (Å²) in [4.78, 5) is 15.1. The Morgan fingerprint density at radius 2 is 1.46 bits per heavy atom. The van der Waals surface area contributed by atoms with Gasteiger partial charge in [0.1, 0.15) is 11.6 Å². The van der Waals surface area contributed by atoms with Crippen LogP contribution in [0.15, 0.2) is 53.4 Å². The number of anilines is 1. The monoisotopic (exact) mass is 521 g/mol. The fourth-order valence-electron chi connectivity index (χ4n) is 5.38. The number of para-hydroxylation sites is 1. The van der Waals surface area contributed by atoms with Gasteiger partial charge in [0.15, 0.2) is 0 Å². The molecule has 2 saturated heterocycles. The second-order valence-electron chi connectivity index (χ2n) is 11.4. The van der Waals surface area contributed by atoms with Crippen molar-refractivity contribution >= 4 is 26.7 Å². The number of benzene rings is 2. The molecule has 0 aliphatic carbocycles. The van der Waals surface area contributed by atoms with Crippen molar-refractivity contribution in [2.45, 2.75) is 63.3 Å². The number of rotatable bonds is 5. The van der Waals surface area contributed by atoms with Gasteiger partial charge in [0.25, 0.3) is 0 Å². The molecular weight excluding hydrogens is 482 g/mol. The lowest BCUT2D eigenvalue weighted by atomic mass is 9.87. The molecular formula is C29H39N5O2S. The van der Waals surface area contributed by atoms with Crippen LogP contribution >= 0.6 is 0 Å². The molecule has 1 aromatic heterocycles. The van der Waals surface area contributed by atoms with Crippen molar-refractivity contribution in [3.05, 3.63) is 59.9 Å². The number of hydrogen-bond donors (Lipinski definition) is 0. The lowest BCUT2D eigenvalue weighted by Crippen LogP contribution is -2.49. The first kappa shape index (κ1) is 26.1. The highest BCUT2D eigenvalue weighted by Gasteiger charge is 2.32. The van der Waals surface area contributed by atoms with Gasteiger partial charge in [0.2, 0.25) is 10.0 Å². The van der Waals surface area contributed by atoms with Gasteiger partial charge in [-0.15, -0.1) is 0 Å². The Morgan fingerprint density at radius 1 is 0.811 bits per heavy atom. The van der Waals surface area contributed by atoms with Gasteiger partial charge in [-0.05, 0) is 61.4 Å². The lowest BCUT2D eigenvalue weighted by molar-refractivity contribution is 0.141. The molecule has 8 heteroatoms. The number of aromatic nitrogens is 2. The standard InChI is InChI=1S/C29H39N5O2S/c1-22(27-30-26-11-7-6-10-25(26)28(31-27)33-16-8-5-9-17-33)32-18-20-34(21-19-32)37(35,36)24-14-12-23(13-15-24)29(2,3)4/h6-7,10-15,22H,5,8-9,16-21H2,1-4H3/t22-/m1/s1. The van der Waals surface area contributed by atoms with Crippen LogP contribution in [0.25, 0.3) is 10.9 Å². The molecule has 0 N–H and O–H groups in total. The van der Waals surface area contributed by atoms with E-state index in [0.717, 1.165) is 41.2 Å². The van der Waals surface area contributed by atoms with E-state index in [1.54, 1.807) is 16.4 Å². The Kier molecular flexibility index (Phi) is 7.27. The topological polar surface area (TPSA) is 69.6 Å². The third-order valence-corrected chi connectivity index (χ3v) is 9.72. The van der Waals surface area contributed by atoms with E-state index in [-0.39, 0.29) is 11.5 Å². The van der Waals surface area contributed by atoms with Gasteiger partial charge in [0.05, 0.1) is 16.5 Å². The third-order valence-electron chi connectivity index (χ3n) is 7.81. The van der Waals surface area contributed by atoms with E-state index in [9.17, 15) is 8.42 Å².